The van der Waals surface area contributed by atoms with Crippen molar-refractivity contribution < 1.29 is 14.6 Å². The van der Waals surface area contributed by atoms with Crippen LogP contribution in [0.25, 0.3) is 11.1 Å². The molecule has 0 bridgehead atoms. The quantitative estimate of drug-likeness (QED) is 0.892. The van der Waals surface area contributed by atoms with E-state index >= 15 is 0 Å². The van der Waals surface area contributed by atoms with Gasteiger partial charge < -0.3 is 9.84 Å². The maximum atomic E-state index is 11.4. The van der Waals surface area contributed by atoms with E-state index in [1.54, 1.807) is 18.2 Å². The van der Waals surface area contributed by atoms with Gasteiger partial charge in [-0.3, -0.25) is 0 Å². The summed E-state index contributed by atoms with van der Waals surface area (Å²) in [5.74, 6) is 0.203. The highest BCUT2D eigenvalue weighted by Crippen LogP contribution is 2.28. The molecule has 0 fully saturated rings. The first kappa shape index (κ1) is 15.1. The number of benzene rings is 2. The standard InChI is InChI=1S/C18H20O3/c1-12(2)10-13-4-6-14(7-5-13)16-9-8-15(21-3)11-17(16)18(19)20/h4-9,11-12H,10H2,1-3H3,(H,19,20). The van der Waals surface area contributed by atoms with E-state index in [4.69, 9.17) is 4.74 Å². The van der Waals surface area contributed by atoms with E-state index in [9.17, 15) is 9.90 Å². The molecule has 0 amide bonds. The van der Waals surface area contributed by atoms with Crippen molar-refractivity contribution in [2.75, 3.05) is 7.11 Å². The minimum atomic E-state index is -0.949. The van der Waals surface area contributed by atoms with Crippen LogP contribution >= 0.6 is 0 Å². The molecule has 0 heterocycles. The fourth-order valence-corrected chi connectivity index (χ4v) is 2.37. The van der Waals surface area contributed by atoms with Gasteiger partial charge >= 0.3 is 5.97 Å². The van der Waals surface area contributed by atoms with Gasteiger partial charge in [-0.25, -0.2) is 4.79 Å². The van der Waals surface area contributed by atoms with Crippen LogP contribution in [0.1, 0.15) is 29.8 Å². The van der Waals surface area contributed by atoms with Crippen LogP contribution in [0.15, 0.2) is 42.5 Å². The first-order valence-electron chi connectivity index (χ1n) is 7.02. The predicted octanol–water partition coefficient (Wildman–Crippen LogP) is 4.26. The molecule has 0 unspecified atom stereocenters. The molecule has 1 N–H and O–H groups in total. The van der Waals surface area contributed by atoms with Crippen molar-refractivity contribution in [3.05, 3.63) is 53.6 Å². The molecule has 2 aromatic rings. The summed E-state index contributed by atoms with van der Waals surface area (Å²) in [6, 6.07) is 13.2. The normalized spacial score (nSPS) is 10.7. The van der Waals surface area contributed by atoms with E-state index in [1.807, 2.05) is 12.1 Å². The first-order valence-corrected chi connectivity index (χ1v) is 7.02. The number of rotatable bonds is 5. The molecule has 0 aliphatic carbocycles. The molecule has 0 spiro atoms. The minimum Gasteiger partial charge on any atom is -0.497 e. The number of carboxylic acids is 1. The van der Waals surface area contributed by atoms with Crippen molar-refractivity contribution in [1.82, 2.24) is 0 Å². The van der Waals surface area contributed by atoms with Crippen molar-refractivity contribution >= 4 is 5.97 Å². The number of ether oxygens (including phenoxy) is 1. The van der Waals surface area contributed by atoms with Crippen molar-refractivity contribution in [2.45, 2.75) is 20.3 Å². The molecule has 2 aromatic carbocycles. The van der Waals surface area contributed by atoms with Crippen molar-refractivity contribution in [3.8, 4) is 16.9 Å². The lowest BCUT2D eigenvalue weighted by Gasteiger charge is -2.10. The van der Waals surface area contributed by atoms with Gasteiger partial charge in [-0.1, -0.05) is 38.1 Å². The lowest BCUT2D eigenvalue weighted by Crippen LogP contribution is -2.00. The topological polar surface area (TPSA) is 46.5 Å². The zero-order chi connectivity index (χ0) is 15.4. The highest BCUT2D eigenvalue weighted by atomic mass is 16.5. The Hall–Kier alpha value is -2.29. The molecule has 0 aliphatic heterocycles. The van der Waals surface area contributed by atoms with E-state index in [-0.39, 0.29) is 5.56 Å². The molecule has 0 atom stereocenters. The number of aromatic carboxylic acids is 1. The molecule has 110 valence electrons. The fourth-order valence-electron chi connectivity index (χ4n) is 2.37. The summed E-state index contributed by atoms with van der Waals surface area (Å²) in [6.07, 6.45) is 1.02. The molecule has 21 heavy (non-hydrogen) atoms. The van der Waals surface area contributed by atoms with Gasteiger partial charge in [0.1, 0.15) is 5.75 Å². The largest absolute Gasteiger partial charge is 0.497 e. The average Bonchev–Trinajstić information content (AvgIpc) is 2.47. The fraction of sp³-hybridized carbons (Fsp3) is 0.278. The monoisotopic (exact) mass is 284 g/mol. The summed E-state index contributed by atoms with van der Waals surface area (Å²) in [5.41, 5.74) is 3.13. The molecule has 0 aromatic heterocycles. The van der Waals surface area contributed by atoms with Crippen molar-refractivity contribution in [3.63, 3.8) is 0 Å². The first-order chi connectivity index (χ1) is 10.0. The lowest BCUT2D eigenvalue weighted by atomic mass is 9.96. The summed E-state index contributed by atoms with van der Waals surface area (Å²) in [4.78, 5) is 11.4. The zero-order valence-electron chi connectivity index (χ0n) is 12.6. The highest BCUT2D eigenvalue weighted by molar-refractivity contribution is 5.96. The van der Waals surface area contributed by atoms with Crippen LogP contribution in [0.5, 0.6) is 5.75 Å². The Labute approximate surface area is 125 Å². The van der Waals surface area contributed by atoms with Crippen LogP contribution in [-0.4, -0.2) is 18.2 Å². The Morgan fingerprint density at radius 1 is 1.14 bits per heavy atom. The Morgan fingerprint density at radius 3 is 2.33 bits per heavy atom. The smallest absolute Gasteiger partial charge is 0.336 e. The number of methoxy groups -OCH3 is 1. The van der Waals surface area contributed by atoms with Gasteiger partial charge in [0.25, 0.3) is 0 Å². The van der Waals surface area contributed by atoms with Gasteiger partial charge in [0.05, 0.1) is 12.7 Å². The minimum absolute atomic E-state index is 0.256. The summed E-state index contributed by atoms with van der Waals surface area (Å²) in [7, 11) is 1.53. The molecule has 0 aliphatic rings. The highest BCUT2D eigenvalue weighted by Gasteiger charge is 2.13. The summed E-state index contributed by atoms with van der Waals surface area (Å²) in [6.45, 7) is 4.36. The number of hydrogen-bond acceptors (Lipinski definition) is 2. The number of carboxylic acid groups (broad SMARTS) is 1. The van der Waals surface area contributed by atoms with Crippen molar-refractivity contribution in [1.29, 1.82) is 0 Å². The summed E-state index contributed by atoms with van der Waals surface area (Å²) in [5, 5.41) is 9.36. The second kappa shape index (κ2) is 6.44. The summed E-state index contributed by atoms with van der Waals surface area (Å²) < 4.78 is 5.10. The van der Waals surface area contributed by atoms with E-state index in [1.165, 1.54) is 12.7 Å². The lowest BCUT2D eigenvalue weighted by molar-refractivity contribution is 0.0697. The molecule has 3 heteroatoms. The molecule has 2 rings (SSSR count). The number of hydrogen-bond donors (Lipinski definition) is 1. The van der Waals surface area contributed by atoms with Crippen molar-refractivity contribution in [2.24, 2.45) is 5.92 Å². The Morgan fingerprint density at radius 2 is 1.81 bits per heavy atom. The SMILES string of the molecule is COc1ccc(-c2ccc(CC(C)C)cc2)c(C(=O)O)c1. The number of carbonyl (C=O) groups is 1. The van der Waals surface area contributed by atoms with Crippen LogP contribution < -0.4 is 4.74 Å². The van der Waals surface area contributed by atoms with Gasteiger partial charge in [-0.2, -0.15) is 0 Å². The summed E-state index contributed by atoms with van der Waals surface area (Å²) >= 11 is 0. The molecule has 3 nitrogen and oxygen atoms in total. The second-order valence-corrected chi connectivity index (χ2v) is 5.51. The Bertz CT molecular complexity index is 627. The Balaban J connectivity index is 2.39. The van der Waals surface area contributed by atoms with Crippen LogP contribution in [0.4, 0.5) is 0 Å². The molecule has 0 radical (unpaired) electrons. The maximum Gasteiger partial charge on any atom is 0.336 e. The molecule has 0 saturated carbocycles. The van der Waals surface area contributed by atoms with Crippen LogP contribution in [0.2, 0.25) is 0 Å². The van der Waals surface area contributed by atoms with E-state index in [2.05, 4.69) is 26.0 Å². The van der Waals surface area contributed by atoms with E-state index in [0.717, 1.165) is 12.0 Å². The van der Waals surface area contributed by atoms with Gasteiger partial charge in [-0.15, -0.1) is 0 Å². The molecular formula is C18H20O3. The van der Waals surface area contributed by atoms with Gasteiger partial charge in [-0.05, 0) is 47.2 Å². The second-order valence-electron chi connectivity index (χ2n) is 5.51. The maximum absolute atomic E-state index is 11.4. The third-order valence-corrected chi connectivity index (χ3v) is 3.37. The Kier molecular flexibility index (Phi) is 4.63. The third-order valence-electron chi connectivity index (χ3n) is 3.37. The van der Waals surface area contributed by atoms with Crippen LogP contribution in [0.3, 0.4) is 0 Å². The zero-order valence-corrected chi connectivity index (χ0v) is 12.6. The van der Waals surface area contributed by atoms with Gasteiger partial charge in [0.2, 0.25) is 0 Å². The van der Waals surface area contributed by atoms with Gasteiger partial charge in [0.15, 0.2) is 0 Å². The third kappa shape index (κ3) is 3.63. The van der Waals surface area contributed by atoms with E-state index in [0.29, 0.717) is 17.2 Å². The van der Waals surface area contributed by atoms with Crippen LogP contribution in [0, 0.1) is 5.92 Å². The van der Waals surface area contributed by atoms with Gasteiger partial charge in [0, 0.05) is 0 Å². The molecule has 0 saturated heterocycles. The predicted molar refractivity (Wildman–Crippen MR) is 83.9 cm³/mol. The molecular weight excluding hydrogens is 264 g/mol. The average molecular weight is 284 g/mol. The van der Waals surface area contributed by atoms with Crippen LogP contribution in [-0.2, 0) is 6.42 Å². The van der Waals surface area contributed by atoms with E-state index < -0.39 is 5.97 Å².